The number of aromatic nitrogens is 4. The Kier molecular flexibility index (Phi) is 5.44. The Morgan fingerprint density at radius 1 is 1.14 bits per heavy atom. The molecule has 0 radical (unpaired) electrons. The molecule has 2 N–H and O–H groups in total. The summed E-state index contributed by atoms with van der Waals surface area (Å²) in [5, 5.41) is 4.48. The number of H-pyrrole nitrogens is 1. The summed E-state index contributed by atoms with van der Waals surface area (Å²) in [6.07, 6.45) is 6.55. The van der Waals surface area contributed by atoms with Crippen LogP contribution in [-0.2, 0) is 17.6 Å². The Morgan fingerprint density at radius 2 is 2.03 bits per heavy atom. The first-order valence-corrected chi connectivity index (χ1v) is 12.9. The van der Waals surface area contributed by atoms with Crippen molar-refractivity contribution in [1.82, 2.24) is 24.8 Å². The molecule has 37 heavy (non-hydrogen) atoms. The molecule has 3 aliphatic heterocycles. The number of para-hydroxylation sites is 1. The van der Waals surface area contributed by atoms with E-state index in [-0.39, 0.29) is 11.9 Å². The number of benzene rings is 1. The highest BCUT2D eigenvalue weighted by atomic mass is 19.1. The summed E-state index contributed by atoms with van der Waals surface area (Å²) in [5.74, 6) is 0.627. The molecule has 6 heterocycles. The first-order chi connectivity index (χ1) is 18.1. The molecule has 3 aliphatic rings. The average Bonchev–Trinajstić information content (AvgIpc) is 3.33. The lowest BCUT2D eigenvalue weighted by Crippen LogP contribution is -2.54. The lowest BCUT2D eigenvalue weighted by molar-refractivity contribution is -0.0861. The van der Waals surface area contributed by atoms with E-state index in [1.54, 1.807) is 12.3 Å². The molecule has 1 aromatic carbocycles. The van der Waals surface area contributed by atoms with Crippen molar-refractivity contribution in [2.45, 2.75) is 50.7 Å². The Hall–Kier alpha value is -3.43. The van der Waals surface area contributed by atoms with Gasteiger partial charge >= 0.3 is 0 Å². The van der Waals surface area contributed by atoms with Crippen LogP contribution in [0.2, 0.25) is 0 Å². The molecule has 0 spiro atoms. The molecule has 7 rings (SSSR count). The average molecular weight is 503 g/mol. The number of hydrogen-bond acceptors (Lipinski definition) is 6. The van der Waals surface area contributed by atoms with E-state index in [9.17, 15) is 8.78 Å². The van der Waals surface area contributed by atoms with Crippen LogP contribution in [0, 0.1) is 18.6 Å². The smallest absolute Gasteiger partial charge is 0.163 e. The molecule has 0 saturated carbocycles. The second-order valence-corrected chi connectivity index (χ2v) is 10.3. The van der Waals surface area contributed by atoms with Gasteiger partial charge in [-0.15, -0.1) is 0 Å². The monoisotopic (exact) mass is 502 g/mol. The highest BCUT2D eigenvalue weighted by molar-refractivity contribution is 5.85. The fourth-order valence-electron chi connectivity index (χ4n) is 6.36. The zero-order chi connectivity index (χ0) is 25.1. The van der Waals surface area contributed by atoms with Gasteiger partial charge in [-0.25, -0.2) is 18.7 Å². The normalized spacial score (nSPS) is 21.3. The first-order valence-electron chi connectivity index (χ1n) is 12.9. The highest BCUT2D eigenvalue weighted by Crippen LogP contribution is 2.47. The summed E-state index contributed by atoms with van der Waals surface area (Å²) in [5.41, 5.74) is 5.35. The van der Waals surface area contributed by atoms with Crippen LogP contribution < -0.4 is 5.32 Å². The first kappa shape index (κ1) is 22.7. The minimum Gasteiger partial charge on any atom is -0.378 e. The third-order valence-electron chi connectivity index (χ3n) is 8.13. The second-order valence-electron chi connectivity index (χ2n) is 10.3. The number of halogens is 2. The zero-order valence-electron chi connectivity index (χ0n) is 20.6. The van der Waals surface area contributed by atoms with Gasteiger partial charge in [0.05, 0.1) is 42.7 Å². The summed E-state index contributed by atoms with van der Waals surface area (Å²) in [7, 11) is 0. The van der Waals surface area contributed by atoms with Gasteiger partial charge in [0, 0.05) is 41.0 Å². The van der Waals surface area contributed by atoms with Crippen LogP contribution in [0.4, 0.5) is 14.6 Å². The summed E-state index contributed by atoms with van der Waals surface area (Å²) in [6.45, 7) is 4.14. The molecule has 2 unspecified atom stereocenters. The van der Waals surface area contributed by atoms with Crippen LogP contribution in [0.1, 0.15) is 41.4 Å². The third kappa shape index (κ3) is 3.79. The minimum atomic E-state index is -0.412. The Labute approximate surface area is 213 Å². The van der Waals surface area contributed by atoms with Crippen molar-refractivity contribution in [3.63, 3.8) is 0 Å². The molecule has 9 heteroatoms. The lowest BCUT2D eigenvalue weighted by Gasteiger charge is -2.44. The van der Waals surface area contributed by atoms with Gasteiger partial charge in [-0.05, 0) is 50.3 Å². The van der Waals surface area contributed by atoms with Crippen LogP contribution in [0.25, 0.3) is 22.3 Å². The van der Waals surface area contributed by atoms with Gasteiger partial charge in [-0.1, -0.05) is 12.1 Å². The van der Waals surface area contributed by atoms with Gasteiger partial charge in [0.15, 0.2) is 5.82 Å². The molecule has 4 aromatic rings. The van der Waals surface area contributed by atoms with E-state index in [1.807, 2.05) is 13.0 Å². The largest absolute Gasteiger partial charge is 0.378 e. The summed E-state index contributed by atoms with van der Waals surface area (Å²) >= 11 is 0. The van der Waals surface area contributed by atoms with Crippen LogP contribution in [0.5, 0.6) is 0 Å². The molecule has 7 nitrogen and oxygen atoms in total. The number of fused-ring (bicyclic) bond motifs is 5. The maximum atomic E-state index is 14.3. The van der Waals surface area contributed by atoms with E-state index in [0.717, 1.165) is 66.2 Å². The molecule has 0 amide bonds. The molecule has 2 saturated heterocycles. The SMILES string of the molecule is Cc1[nH]c2c(F)cccc2c1CCNc1nc(-c2cncc(F)c2)nc2c1CC1CCC2N1C1COC1. The number of pyridine rings is 1. The summed E-state index contributed by atoms with van der Waals surface area (Å²) in [4.78, 5) is 19.7. The van der Waals surface area contributed by atoms with Crippen molar-refractivity contribution >= 4 is 16.7 Å². The quantitative estimate of drug-likeness (QED) is 0.397. The van der Waals surface area contributed by atoms with Crippen molar-refractivity contribution in [2.24, 2.45) is 0 Å². The lowest BCUT2D eigenvalue weighted by atomic mass is 9.95. The molecule has 0 aliphatic carbocycles. The van der Waals surface area contributed by atoms with Gasteiger partial charge < -0.3 is 15.0 Å². The number of anilines is 1. The standard InChI is InChI=1S/C28H28F2N6O/c1-15-20(21-3-2-4-23(30)25(21)33-15)7-8-32-28-22-10-18-5-6-24(36(18)19-13-37-14-19)26(22)34-27(35-28)16-9-17(29)12-31-11-16/h2-4,9,11-12,18-19,24,33H,5-8,10,13-14H2,1H3,(H,32,34,35). The zero-order valence-corrected chi connectivity index (χ0v) is 20.6. The topological polar surface area (TPSA) is 79.0 Å². The fraction of sp³-hybridized carbons (Fsp3) is 0.393. The number of nitrogens with one attached hydrogen (secondary N) is 2. The molecular formula is C28H28F2N6O. The van der Waals surface area contributed by atoms with E-state index in [1.165, 1.54) is 18.3 Å². The molecule has 190 valence electrons. The van der Waals surface area contributed by atoms with E-state index in [4.69, 9.17) is 14.7 Å². The fourth-order valence-corrected chi connectivity index (χ4v) is 6.36. The summed E-state index contributed by atoms with van der Waals surface area (Å²) < 4.78 is 33.8. The van der Waals surface area contributed by atoms with Gasteiger partial charge in [-0.3, -0.25) is 9.88 Å². The van der Waals surface area contributed by atoms with Gasteiger partial charge in [-0.2, -0.15) is 0 Å². The second kappa shape index (κ2) is 8.85. The molecular weight excluding hydrogens is 474 g/mol. The van der Waals surface area contributed by atoms with E-state index >= 15 is 0 Å². The van der Waals surface area contributed by atoms with E-state index < -0.39 is 5.82 Å². The van der Waals surface area contributed by atoms with Crippen LogP contribution >= 0.6 is 0 Å². The number of hydrogen-bond donors (Lipinski definition) is 2. The number of aryl methyl sites for hydroxylation is 1. The van der Waals surface area contributed by atoms with Crippen molar-refractivity contribution in [2.75, 3.05) is 25.1 Å². The third-order valence-corrected chi connectivity index (χ3v) is 8.13. The van der Waals surface area contributed by atoms with Crippen LogP contribution in [0.15, 0.2) is 36.7 Å². The molecule has 2 fully saturated rings. The number of aromatic amines is 1. The van der Waals surface area contributed by atoms with Crippen molar-refractivity contribution in [3.05, 3.63) is 70.8 Å². The van der Waals surface area contributed by atoms with E-state index in [0.29, 0.717) is 42.0 Å². The van der Waals surface area contributed by atoms with Crippen molar-refractivity contribution in [1.29, 1.82) is 0 Å². The number of nitrogens with zero attached hydrogens (tertiary/aromatic N) is 4. The number of ether oxygens (including phenoxy) is 1. The van der Waals surface area contributed by atoms with Gasteiger partial charge in [0.25, 0.3) is 0 Å². The predicted octanol–water partition coefficient (Wildman–Crippen LogP) is 4.72. The highest BCUT2D eigenvalue weighted by Gasteiger charge is 2.47. The van der Waals surface area contributed by atoms with Crippen LogP contribution in [-0.4, -0.2) is 56.7 Å². The minimum absolute atomic E-state index is 0.213. The number of rotatable bonds is 6. The Balaban J connectivity index is 1.23. The molecule has 2 atom stereocenters. The van der Waals surface area contributed by atoms with Crippen LogP contribution in [0.3, 0.4) is 0 Å². The van der Waals surface area contributed by atoms with Gasteiger partial charge in [0.1, 0.15) is 17.5 Å². The van der Waals surface area contributed by atoms with E-state index in [2.05, 4.69) is 20.2 Å². The maximum Gasteiger partial charge on any atom is 0.163 e. The predicted molar refractivity (Wildman–Crippen MR) is 136 cm³/mol. The molecule has 2 bridgehead atoms. The van der Waals surface area contributed by atoms with Gasteiger partial charge in [0.2, 0.25) is 0 Å². The summed E-state index contributed by atoms with van der Waals surface area (Å²) in [6, 6.07) is 7.71. The Bertz CT molecular complexity index is 1500. The van der Waals surface area contributed by atoms with Crippen molar-refractivity contribution < 1.29 is 13.5 Å². The Morgan fingerprint density at radius 3 is 2.84 bits per heavy atom. The maximum absolute atomic E-state index is 14.3. The molecule has 3 aromatic heterocycles. The van der Waals surface area contributed by atoms with Crippen molar-refractivity contribution in [3.8, 4) is 11.4 Å².